The van der Waals surface area contributed by atoms with Gasteiger partial charge in [-0.05, 0) is 6.92 Å². The van der Waals surface area contributed by atoms with E-state index in [1.54, 1.807) is 0 Å². The molecule has 12 heavy (non-hydrogen) atoms. The number of hydrogen-bond donors (Lipinski definition) is 2. The van der Waals surface area contributed by atoms with Crippen LogP contribution in [0.2, 0.25) is 0 Å². The third-order valence-corrected chi connectivity index (χ3v) is 1.48. The zero-order chi connectivity index (χ0) is 9.19. The Morgan fingerprint density at radius 3 is 2.92 bits per heavy atom. The van der Waals surface area contributed by atoms with Gasteiger partial charge in [-0.15, -0.1) is 0 Å². The topological polar surface area (TPSA) is 83.6 Å². The molecule has 5 nitrogen and oxygen atoms in total. The van der Waals surface area contributed by atoms with Crippen molar-refractivity contribution in [3.8, 4) is 0 Å². The van der Waals surface area contributed by atoms with Crippen molar-refractivity contribution in [2.75, 3.05) is 0 Å². The first-order valence-corrected chi connectivity index (χ1v) is 3.37. The molecule has 0 radical (unpaired) electrons. The maximum Gasteiger partial charge on any atom is 0.335 e. The van der Waals surface area contributed by atoms with E-state index in [2.05, 4.69) is 9.68 Å². The summed E-state index contributed by atoms with van der Waals surface area (Å²) in [5.74, 6) is -1.27. The number of rotatable bonds is 3. The summed E-state index contributed by atoms with van der Waals surface area (Å²) in [6.45, 7) is 1.21. The Morgan fingerprint density at radius 1 is 1.83 bits per heavy atom. The average molecular weight is 171 g/mol. The minimum atomic E-state index is -1.78. The molecule has 1 aromatic rings. The average Bonchev–Trinajstić information content (AvgIpc) is 2.38. The van der Waals surface area contributed by atoms with Gasteiger partial charge in [0.15, 0.2) is 5.60 Å². The van der Waals surface area contributed by atoms with Crippen molar-refractivity contribution < 1.29 is 19.5 Å². The second-order valence-corrected chi connectivity index (χ2v) is 2.75. The van der Waals surface area contributed by atoms with Gasteiger partial charge in [-0.25, -0.2) is 4.79 Å². The lowest BCUT2D eigenvalue weighted by atomic mass is 10.0. The van der Waals surface area contributed by atoms with Crippen LogP contribution in [-0.4, -0.2) is 26.9 Å². The van der Waals surface area contributed by atoms with Crippen LogP contribution >= 0.6 is 0 Å². The monoisotopic (exact) mass is 171 g/mol. The smallest absolute Gasteiger partial charge is 0.335 e. The third kappa shape index (κ3) is 1.82. The third-order valence-electron chi connectivity index (χ3n) is 1.48. The molecule has 0 spiro atoms. The highest BCUT2D eigenvalue weighted by atomic mass is 16.5. The largest absolute Gasteiger partial charge is 0.479 e. The summed E-state index contributed by atoms with van der Waals surface area (Å²) < 4.78 is 4.49. The molecule has 0 saturated heterocycles. The number of aromatic nitrogens is 1. The molecular weight excluding hydrogens is 162 g/mol. The van der Waals surface area contributed by atoms with Crippen molar-refractivity contribution in [2.45, 2.75) is 18.9 Å². The lowest BCUT2D eigenvalue weighted by molar-refractivity contribution is -0.156. The molecule has 0 bridgehead atoms. The van der Waals surface area contributed by atoms with E-state index in [1.807, 2.05) is 0 Å². The molecule has 1 rings (SSSR count). The van der Waals surface area contributed by atoms with Crippen LogP contribution in [0.4, 0.5) is 0 Å². The van der Waals surface area contributed by atoms with E-state index >= 15 is 0 Å². The number of hydrogen-bond acceptors (Lipinski definition) is 4. The van der Waals surface area contributed by atoms with Crippen molar-refractivity contribution >= 4 is 5.97 Å². The minimum absolute atomic E-state index is 0.0567. The normalized spacial score (nSPS) is 15.5. The Hall–Kier alpha value is -1.36. The van der Waals surface area contributed by atoms with Gasteiger partial charge in [0, 0.05) is 12.5 Å². The van der Waals surface area contributed by atoms with Crippen molar-refractivity contribution in [1.82, 2.24) is 5.16 Å². The zero-order valence-corrected chi connectivity index (χ0v) is 6.52. The van der Waals surface area contributed by atoms with Crippen LogP contribution in [0.15, 0.2) is 16.9 Å². The summed E-state index contributed by atoms with van der Waals surface area (Å²) in [5.41, 5.74) is -1.36. The van der Waals surface area contributed by atoms with Crippen molar-refractivity contribution in [2.24, 2.45) is 0 Å². The second kappa shape index (κ2) is 2.94. The lowest BCUT2D eigenvalue weighted by Gasteiger charge is -2.15. The molecule has 2 N–H and O–H groups in total. The van der Waals surface area contributed by atoms with Crippen LogP contribution in [-0.2, 0) is 11.2 Å². The molecule has 1 atom stereocenters. The number of carboxylic acids is 1. The molecule has 0 aromatic carbocycles. The van der Waals surface area contributed by atoms with Crippen LogP contribution in [0, 0.1) is 0 Å². The summed E-state index contributed by atoms with van der Waals surface area (Å²) in [7, 11) is 0. The highest BCUT2D eigenvalue weighted by molar-refractivity contribution is 5.76. The summed E-state index contributed by atoms with van der Waals surface area (Å²) in [6, 6.07) is 1.51. The van der Waals surface area contributed by atoms with Crippen molar-refractivity contribution in [3.63, 3.8) is 0 Å². The quantitative estimate of drug-likeness (QED) is 0.671. The highest BCUT2D eigenvalue weighted by Gasteiger charge is 2.30. The Balaban J connectivity index is 2.69. The predicted octanol–water partition coefficient (Wildman–Crippen LogP) is 0.0527. The maximum absolute atomic E-state index is 10.4. The molecule has 1 aromatic heterocycles. The summed E-state index contributed by atoms with van der Waals surface area (Å²) in [6.07, 6.45) is 1.27. The number of aliphatic hydroxyl groups is 1. The fourth-order valence-electron chi connectivity index (χ4n) is 0.757. The van der Waals surface area contributed by atoms with Gasteiger partial charge in [0.2, 0.25) is 0 Å². The number of carbonyl (C=O) groups is 1. The van der Waals surface area contributed by atoms with Crippen LogP contribution in [0.3, 0.4) is 0 Å². The van der Waals surface area contributed by atoms with E-state index in [9.17, 15) is 9.90 Å². The first-order chi connectivity index (χ1) is 5.52. The molecule has 1 unspecified atom stereocenters. The van der Waals surface area contributed by atoms with E-state index < -0.39 is 11.6 Å². The Labute approximate surface area is 68.6 Å². The van der Waals surface area contributed by atoms with Crippen LogP contribution in [0.25, 0.3) is 0 Å². The minimum Gasteiger partial charge on any atom is -0.479 e. The van der Waals surface area contributed by atoms with Crippen LogP contribution < -0.4 is 0 Å². The Kier molecular flexibility index (Phi) is 2.14. The van der Waals surface area contributed by atoms with E-state index in [1.165, 1.54) is 19.3 Å². The molecule has 0 fully saturated rings. The fraction of sp³-hybridized carbons (Fsp3) is 0.429. The first kappa shape index (κ1) is 8.73. The van der Waals surface area contributed by atoms with Gasteiger partial charge in [-0.3, -0.25) is 0 Å². The molecule has 0 aliphatic heterocycles. The van der Waals surface area contributed by atoms with Gasteiger partial charge in [-0.1, -0.05) is 5.16 Å². The molecule has 0 amide bonds. The molecule has 0 aliphatic carbocycles. The molecule has 1 heterocycles. The van der Waals surface area contributed by atoms with Crippen molar-refractivity contribution in [1.29, 1.82) is 0 Å². The first-order valence-electron chi connectivity index (χ1n) is 3.37. The van der Waals surface area contributed by atoms with Crippen molar-refractivity contribution in [3.05, 3.63) is 18.0 Å². The van der Waals surface area contributed by atoms with E-state index in [-0.39, 0.29) is 6.42 Å². The number of nitrogens with zero attached hydrogens (tertiary/aromatic N) is 1. The van der Waals surface area contributed by atoms with E-state index in [0.29, 0.717) is 5.69 Å². The highest BCUT2D eigenvalue weighted by Crippen LogP contribution is 2.11. The van der Waals surface area contributed by atoms with Gasteiger partial charge in [-0.2, -0.15) is 0 Å². The standard InChI is InChI=1S/C7H9NO4/c1-7(11,6(9)10)4-5-2-3-12-8-5/h2-3,11H,4H2,1H3,(H,9,10). The summed E-state index contributed by atoms with van der Waals surface area (Å²) >= 11 is 0. The van der Waals surface area contributed by atoms with E-state index in [0.717, 1.165) is 0 Å². The Bertz CT molecular complexity index is 265. The fourth-order valence-corrected chi connectivity index (χ4v) is 0.757. The Morgan fingerprint density at radius 2 is 2.50 bits per heavy atom. The van der Waals surface area contributed by atoms with E-state index in [4.69, 9.17) is 5.11 Å². The van der Waals surface area contributed by atoms with Gasteiger partial charge in [0.25, 0.3) is 0 Å². The van der Waals surface area contributed by atoms with Gasteiger partial charge in [0.1, 0.15) is 6.26 Å². The predicted molar refractivity (Wildman–Crippen MR) is 38.5 cm³/mol. The van der Waals surface area contributed by atoms with Gasteiger partial charge in [0.05, 0.1) is 5.69 Å². The molecular formula is C7H9NO4. The van der Waals surface area contributed by atoms with Gasteiger partial charge < -0.3 is 14.7 Å². The maximum atomic E-state index is 10.4. The van der Waals surface area contributed by atoms with Gasteiger partial charge >= 0.3 is 5.97 Å². The van der Waals surface area contributed by atoms with Crippen LogP contribution in [0.5, 0.6) is 0 Å². The summed E-state index contributed by atoms with van der Waals surface area (Å²) in [4.78, 5) is 10.4. The molecule has 0 aliphatic rings. The summed E-state index contributed by atoms with van der Waals surface area (Å²) in [5, 5.41) is 21.3. The number of aliphatic carboxylic acids is 1. The zero-order valence-electron chi connectivity index (χ0n) is 6.52. The second-order valence-electron chi connectivity index (χ2n) is 2.75. The number of carboxylic acid groups (broad SMARTS) is 1. The lowest BCUT2D eigenvalue weighted by Crippen LogP contribution is -2.37. The van der Waals surface area contributed by atoms with Crippen LogP contribution in [0.1, 0.15) is 12.6 Å². The molecule has 0 saturated carbocycles. The SMILES string of the molecule is CC(O)(Cc1ccon1)C(=O)O. The molecule has 5 heteroatoms. The molecule has 66 valence electrons.